The highest BCUT2D eigenvalue weighted by Gasteiger charge is 2.22. The Kier molecular flexibility index (Phi) is 3.76. The molecule has 0 aliphatic rings. The predicted octanol–water partition coefficient (Wildman–Crippen LogP) is 3.51. The van der Waals surface area contributed by atoms with E-state index in [0.29, 0.717) is 0 Å². The van der Waals surface area contributed by atoms with Crippen molar-refractivity contribution in [3.8, 4) is 0 Å². The first-order chi connectivity index (χ1) is 6.61. The molecule has 0 fully saturated rings. The van der Waals surface area contributed by atoms with E-state index in [1.54, 1.807) is 6.26 Å². The SMILES string of the molecule is CCC(C)(CC)NC(C)c1ccco1. The van der Waals surface area contributed by atoms with Gasteiger partial charge >= 0.3 is 0 Å². The molecule has 2 nitrogen and oxygen atoms in total. The minimum Gasteiger partial charge on any atom is -0.468 e. The Morgan fingerprint density at radius 1 is 1.43 bits per heavy atom. The standard InChI is InChI=1S/C12H21NO/c1-5-12(4,6-2)13-10(3)11-8-7-9-14-11/h7-10,13H,5-6H2,1-4H3. The summed E-state index contributed by atoms with van der Waals surface area (Å²) in [7, 11) is 0. The van der Waals surface area contributed by atoms with E-state index in [0.717, 1.165) is 18.6 Å². The molecule has 1 aromatic rings. The maximum Gasteiger partial charge on any atom is 0.120 e. The van der Waals surface area contributed by atoms with Gasteiger partial charge in [-0.2, -0.15) is 0 Å². The van der Waals surface area contributed by atoms with Crippen LogP contribution in [0.3, 0.4) is 0 Å². The highest BCUT2D eigenvalue weighted by atomic mass is 16.3. The highest BCUT2D eigenvalue weighted by Crippen LogP contribution is 2.21. The number of rotatable bonds is 5. The van der Waals surface area contributed by atoms with Crippen LogP contribution in [0, 0.1) is 0 Å². The Hall–Kier alpha value is -0.760. The summed E-state index contributed by atoms with van der Waals surface area (Å²) in [4.78, 5) is 0. The fourth-order valence-corrected chi connectivity index (χ4v) is 1.59. The largest absolute Gasteiger partial charge is 0.468 e. The van der Waals surface area contributed by atoms with Crippen LogP contribution in [0.25, 0.3) is 0 Å². The topological polar surface area (TPSA) is 25.2 Å². The summed E-state index contributed by atoms with van der Waals surface area (Å²) in [6.07, 6.45) is 3.99. The second kappa shape index (κ2) is 4.65. The third kappa shape index (κ3) is 2.61. The van der Waals surface area contributed by atoms with Gasteiger partial charge in [-0.1, -0.05) is 13.8 Å². The normalized spacial score (nSPS) is 14.3. The van der Waals surface area contributed by atoms with Gasteiger partial charge < -0.3 is 9.73 Å². The van der Waals surface area contributed by atoms with Gasteiger partial charge in [0.1, 0.15) is 5.76 Å². The van der Waals surface area contributed by atoms with Crippen molar-refractivity contribution in [2.45, 2.75) is 52.1 Å². The summed E-state index contributed by atoms with van der Waals surface area (Å²) in [5.74, 6) is 1.01. The van der Waals surface area contributed by atoms with E-state index in [-0.39, 0.29) is 11.6 Å². The molecular formula is C12H21NO. The molecule has 14 heavy (non-hydrogen) atoms. The van der Waals surface area contributed by atoms with Crippen LogP contribution in [-0.4, -0.2) is 5.54 Å². The van der Waals surface area contributed by atoms with Crippen LogP contribution in [0.15, 0.2) is 22.8 Å². The van der Waals surface area contributed by atoms with Gasteiger partial charge in [0.05, 0.1) is 12.3 Å². The molecule has 1 rings (SSSR count). The number of hydrogen-bond acceptors (Lipinski definition) is 2. The van der Waals surface area contributed by atoms with Gasteiger partial charge in [-0.05, 0) is 38.8 Å². The van der Waals surface area contributed by atoms with Crippen LogP contribution in [0.1, 0.15) is 52.3 Å². The van der Waals surface area contributed by atoms with Crippen LogP contribution in [0.2, 0.25) is 0 Å². The number of nitrogens with one attached hydrogen (secondary N) is 1. The van der Waals surface area contributed by atoms with Crippen LogP contribution in [-0.2, 0) is 0 Å². The van der Waals surface area contributed by atoms with Crippen molar-refractivity contribution >= 4 is 0 Å². The second-order valence-corrected chi connectivity index (χ2v) is 4.15. The first-order valence-electron chi connectivity index (χ1n) is 5.42. The van der Waals surface area contributed by atoms with Gasteiger partial charge in [-0.3, -0.25) is 0 Å². The van der Waals surface area contributed by atoms with Crippen LogP contribution in [0.4, 0.5) is 0 Å². The minimum atomic E-state index is 0.214. The van der Waals surface area contributed by atoms with Gasteiger partial charge in [-0.15, -0.1) is 0 Å². The summed E-state index contributed by atoms with van der Waals surface area (Å²) in [6.45, 7) is 8.82. The van der Waals surface area contributed by atoms with Crippen molar-refractivity contribution in [2.24, 2.45) is 0 Å². The summed E-state index contributed by atoms with van der Waals surface area (Å²) in [6, 6.07) is 4.24. The average Bonchev–Trinajstić information content (AvgIpc) is 2.70. The van der Waals surface area contributed by atoms with Gasteiger partial charge in [0.25, 0.3) is 0 Å². The fraction of sp³-hybridized carbons (Fsp3) is 0.667. The molecule has 0 aliphatic heterocycles. The van der Waals surface area contributed by atoms with Crippen molar-refractivity contribution in [3.05, 3.63) is 24.2 Å². The molecule has 0 saturated carbocycles. The van der Waals surface area contributed by atoms with E-state index in [2.05, 4.69) is 33.0 Å². The lowest BCUT2D eigenvalue weighted by Gasteiger charge is -2.31. The molecule has 1 N–H and O–H groups in total. The molecule has 1 heterocycles. The van der Waals surface area contributed by atoms with Crippen LogP contribution < -0.4 is 5.32 Å². The molecule has 80 valence electrons. The van der Waals surface area contributed by atoms with Gasteiger partial charge in [0.2, 0.25) is 0 Å². The Morgan fingerprint density at radius 3 is 2.50 bits per heavy atom. The maximum absolute atomic E-state index is 5.37. The zero-order valence-electron chi connectivity index (χ0n) is 9.63. The quantitative estimate of drug-likeness (QED) is 0.777. The predicted molar refractivity (Wildman–Crippen MR) is 59.2 cm³/mol. The van der Waals surface area contributed by atoms with Gasteiger partial charge in [0.15, 0.2) is 0 Å². The lowest BCUT2D eigenvalue weighted by atomic mass is 9.94. The monoisotopic (exact) mass is 195 g/mol. The molecule has 0 spiro atoms. The van der Waals surface area contributed by atoms with E-state index in [1.807, 2.05) is 12.1 Å². The van der Waals surface area contributed by atoms with Gasteiger partial charge in [0, 0.05) is 5.54 Å². The van der Waals surface area contributed by atoms with E-state index in [1.165, 1.54) is 0 Å². The lowest BCUT2D eigenvalue weighted by Crippen LogP contribution is -2.42. The van der Waals surface area contributed by atoms with E-state index >= 15 is 0 Å². The molecule has 0 aromatic carbocycles. The molecule has 0 aliphatic carbocycles. The molecule has 0 bridgehead atoms. The second-order valence-electron chi connectivity index (χ2n) is 4.15. The number of hydrogen-bond donors (Lipinski definition) is 1. The first-order valence-corrected chi connectivity index (χ1v) is 5.42. The smallest absolute Gasteiger partial charge is 0.120 e. The maximum atomic E-state index is 5.37. The summed E-state index contributed by atoms with van der Waals surface area (Å²) < 4.78 is 5.37. The number of furan rings is 1. The van der Waals surface area contributed by atoms with Crippen molar-refractivity contribution in [1.29, 1.82) is 0 Å². The minimum absolute atomic E-state index is 0.214. The molecule has 1 aromatic heterocycles. The molecule has 1 unspecified atom stereocenters. The summed E-state index contributed by atoms with van der Waals surface area (Å²) in [5, 5.41) is 3.60. The van der Waals surface area contributed by atoms with Crippen LogP contribution >= 0.6 is 0 Å². The van der Waals surface area contributed by atoms with Crippen molar-refractivity contribution < 1.29 is 4.42 Å². The van der Waals surface area contributed by atoms with E-state index in [9.17, 15) is 0 Å². The first kappa shape index (κ1) is 11.3. The Morgan fingerprint density at radius 2 is 2.07 bits per heavy atom. The third-order valence-electron chi connectivity index (χ3n) is 3.10. The zero-order chi connectivity index (χ0) is 10.6. The zero-order valence-corrected chi connectivity index (χ0v) is 9.63. The third-order valence-corrected chi connectivity index (χ3v) is 3.10. The van der Waals surface area contributed by atoms with Crippen molar-refractivity contribution in [2.75, 3.05) is 0 Å². The molecule has 0 amide bonds. The average molecular weight is 195 g/mol. The summed E-state index contributed by atoms with van der Waals surface area (Å²) in [5.41, 5.74) is 0.214. The Balaban J connectivity index is 2.60. The van der Waals surface area contributed by atoms with E-state index in [4.69, 9.17) is 4.42 Å². The molecule has 2 heteroatoms. The molecule has 0 saturated heterocycles. The van der Waals surface area contributed by atoms with Crippen molar-refractivity contribution in [3.63, 3.8) is 0 Å². The summed E-state index contributed by atoms with van der Waals surface area (Å²) >= 11 is 0. The highest BCUT2D eigenvalue weighted by molar-refractivity contribution is 5.04. The Bertz CT molecular complexity index is 249. The van der Waals surface area contributed by atoms with Crippen molar-refractivity contribution in [1.82, 2.24) is 5.32 Å². The molecule has 0 radical (unpaired) electrons. The van der Waals surface area contributed by atoms with E-state index < -0.39 is 0 Å². The fourth-order valence-electron chi connectivity index (χ4n) is 1.59. The molecular weight excluding hydrogens is 174 g/mol. The Labute approximate surface area is 86.7 Å². The van der Waals surface area contributed by atoms with Crippen LogP contribution in [0.5, 0.6) is 0 Å². The molecule has 1 atom stereocenters. The lowest BCUT2D eigenvalue weighted by molar-refractivity contribution is 0.279. The van der Waals surface area contributed by atoms with Gasteiger partial charge in [-0.25, -0.2) is 0 Å².